The highest BCUT2D eigenvalue weighted by molar-refractivity contribution is 7.90. The molecular formula is C34H40N8O5S2. The van der Waals surface area contributed by atoms with Crippen LogP contribution in [0.4, 0.5) is 11.4 Å². The summed E-state index contributed by atoms with van der Waals surface area (Å²) in [6, 6.07) is 22.3. The molecule has 0 bridgehead atoms. The van der Waals surface area contributed by atoms with E-state index in [9.17, 15) is 23.3 Å². The van der Waals surface area contributed by atoms with Crippen LogP contribution >= 0.6 is 12.2 Å². The average Bonchev–Trinajstić information content (AvgIpc) is 3.54. The largest absolute Gasteiger partial charge is 0.350 e. The molecule has 1 aromatic heterocycles. The summed E-state index contributed by atoms with van der Waals surface area (Å²) in [6.45, 7) is 2.54. The Morgan fingerprint density at radius 2 is 1.59 bits per heavy atom. The lowest BCUT2D eigenvalue weighted by Crippen LogP contribution is -2.41. The predicted molar refractivity (Wildman–Crippen MR) is 193 cm³/mol. The molecule has 13 nitrogen and oxygen atoms in total. The van der Waals surface area contributed by atoms with Gasteiger partial charge in [0.1, 0.15) is 11.4 Å². The second-order valence-electron chi connectivity index (χ2n) is 12.0. The van der Waals surface area contributed by atoms with Gasteiger partial charge in [-0.2, -0.15) is 0 Å². The van der Waals surface area contributed by atoms with Gasteiger partial charge in [-0.1, -0.05) is 48.5 Å². The number of nitrogens with one attached hydrogen (secondary N) is 4. The first kappa shape index (κ1) is 35.5. The summed E-state index contributed by atoms with van der Waals surface area (Å²) in [5, 5.41) is 18.4. The second kappa shape index (κ2) is 15.6. The van der Waals surface area contributed by atoms with Crippen molar-refractivity contribution in [1.29, 1.82) is 0 Å². The first-order chi connectivity index (χ1) is 23.5. The van der Waals surface area contributed by atoms with Gasteiger partial charge in [0.05, 0.1) is 15.9 Å². The highest BCUT2D eigenvalue weighted by Crippen LogP contribution is 2.33. The van der Waals surface area contributed by atoms with Gasteiger partial charge in [0.15, 0.2) is 5.11 Å². The van der Waals surface area contributed by atoms with E-state index in [4.69, 9.17) is 12.2 Å². The van der Waals surface area contributed by atoms with E-state index in [0.29, 0.717) is 13.1 Å². The van der Waals surface area contributed by atoms with Crippen LogP contribution in [0.25, 0.3) is 0 Å². The summed E-state index contributed by atoms with van der Waals surface area (Å²) in [5.74, 6) is -0.577. The lowest BCUT2D eigenvalue weighted by Gasteiger charge is -2.24. The van der Waals surface area contributed by atoms with Crippen molar-refractivity contribution in [2.75, 3.05) is 52.7 Å². The standard InChI is InChI=1S/C34H40N8O5S2/c1-39(2)21-22-40(3)20-18-35-33(43)30-13-8-19-41(30)49(46,47)26-16-17-29(31(23-26)42(44)45)37-38-34(48)36-32-27-11-6-4-9-24(27)14-15-25-10-5-7-12-28(25)32/h4-13,16-17,19,23,32,37H,14-15,18,20-22H2,1-3H3,(H,35,43)(H2,36,38,48). The Bertz CT molecular complexity index is 1900. The van der Waals surface area contributed by atoms with Gasteiger partial charge in [-0.25, -0.2) is 12.4 Å². The first-order valence-corrected chi connectivity index (χ1v) is 17.6. The molecule has 1 amide bonds. The number of aromatic nitrogens is 1. The molecule has 0 fully saturated rings. The fourth-order valence-electron chi connectivity index (χ4n) is 5.70. The van der Waals surface area contributed by atoms with Gasteiger partial charge in [-0.15, -0.1) is 0 Å². The highest BCUT2D eigenvalue weighted by Gasteiger charge is 2.27. The minimum Gasteiger partial charge on any atom is -0.350 e. The van der Waals surface area contributed by atoms with Crippen LogP contribution in [0, 0.1) is 10.1 Å². The molecule has 1 heterocycles. The lowest BCUT2D eigenvalue weighted by atomic mass is 9.95. The van der Waals surface area contributed by atoms with E-state index >= 15 is 0 Å². The number of hydrazine groups is 1. The van der Waals surface area contributed by atoms with Gasteiger partial charge in [0, 0.05) is 38.4 Å². The van der Waals surface area contributed by atoms with Gasteiger partial charge in [-0.05, 0) is 92.7 Å². The number of amides is 1. The van der Waals surface area contributed by atoms with Crippen molar-refractivity contribution < 1.29 is 18.1 Å². The molecule has 258 valence electrons. The Morgan fingerprint density at radius 3 is 2.22 bits per heavy atom. The van der Waals surface area contributed by atoms with Crippen molar-refractivity contribution in [3.05, 3.63) is 123 Å². The zero-order valence-electron chi connectivity index (χ0n) is 27.5. The Labute approximate surface area is 291 Å². The zero-order chi connectivity index (χ0) is 35.1. The van der Waals surface area contributed by atoms with E-state index in [1.165, 1.54) is 41.6 Å². The fraction of sp³-hybridized carbons (Fsp3) is 0.294. The Balaban J connectivity index is 1.28. The van der Waals surface area contributed by atoms with Crippen molar-refractivity contribution in [3.8, 4) is 0 Å². The number of rotatable bonds is 13. The van der Waals surface area contributed by atoms with Crippen LogP contribution < -0.4 is 21.5 Å². The fourth-order valence-corrected chi connectivity index (χ4v) is 7.23. The van der Waals surface area contributed by atoms with Gasteiger partial charge in [-0.3, -0.25) is 25.8 Å². The maximum absolute atomic E-state index is 13.6. The Hall–Kier alpha value is -4.83. The number of nitro benzene ring substituents is 1. The Morgan fingerprint density at radius 1 is 0.939 bits per heavy atom. The van der Waals surface area contributed by atoms with Gasteiger partial charge in [0.25, 0.3) is 21.6 Å². The van der Waals surface area contributed by atoms with E-state index < -0.39 is 26.5 Å². The van der Waals surface area contributed by atoms with Crippen molar-refractivity contribution >= 4 is 44.6 Å². The topological polar surface area (TPSA) is 154 Å². The van der Waals surface area contributed by atoms with Crippen molar-refractivity contribution in [2.45, 2.75) is 23.8 Å². The summed E-state index contributed by atoms with van der Waals surface area (Å²) in [5.41, 5.74) is 9.56. The number of fused-ring (bicyclic) bond motifs is 2. The van der Waals surface area contributed by atoms with Crippen molar-refractivity contribution in [3.63, 3.8) is 0 Å². The number of nitrogens with zero attached hydrogens (tertiary/aromatic N) is 4. The average molecular weight is 705 g/mol. The van der Waals surface area contributed by atoms with Gasteiger partial charge >= 0.3 is 0 Å². The van der Waals surface area contributed by atoms with Crippen LogP contribution in [0.2, 0.25) is 0 Å². The third-order valence-electron chi connectivity index (χ3n) is 8.36. The second-order valence-corrected chi connectivity index (χ2v) is 14.3. The molecular weight excluding hydrogens is 665 g/mol. The van der Waals surface area contributed by atoms with Gasteiger partial charge in [0.2, 0.25) is 0 Å². The molecule has 3 aromatic carbocycles. The molecule has 4 N–H and O–H groups in total. The molecule has 0 saturated heterocycles. The maximum Gasteiger partial charge on any atom is 0.295 e. The first-order valence-electron chi connectivity index (χ1n) is 15.8. The summed E-state index contributed by atoms with van der Waals surface area (Å²) in [4.78, 5) is 28.1. The number of hydrogen-bond donors (Lipinski definition) is 4. The zero-order valence-corrected chi connectivity index (χ0v) is 29.2. The molecule has 0 aliphatic heterocycles. The number of nitro groups is 1. The summed E-state index contributed by atoms with van der Waals surface area (Å²) in [6.07, 6.45) is 3.01. The quantitative estimate of drug-likeness (QED) is 0.0919. The lowest BCUT2D eigenvalue weighted by molar-refractivity contribution is -0.384. The Kier molecular flexibility index (Phi) is 11.3. The molecule has 1 aliphatic carbocycles. The minimum atomic E-state index is -4.37. The van der Waals surface area contributed by atoms with Crippen molar-refractivity contribution in [2.24, 2.45) is 0 Å². The van der Waals surface area contributed by atoms with Crippen LogP contribution in [0.3, 0.4) is 0 Å². The molecule has 4 aromatic rings. The molecule has 1 aliphatic rings. The number of aryl methyl sites for hydroxylation is 2. The number of likely N-dealkylation sites (N-methyl/N-ethyl adjacent to an activating group) is 2. The van der Waals surface area contributed by atoms with Crippen LogP contribution in [0.15, 0.2) is 90.0 Å². The molecule has 0 spiro atoms. The van der Waals surface area contributed by atoms with E-state index in [-0.39, 0.29) is 27.4 Å². The van der Waals surface area contributed by atoms with E-state index in [2.05, 4.69) is 55.6 Å². The molecule has 15 heteroatoms. The molecule has 0 unspecified atom stereocenters. The predicted octanol–water partition coefficient (Wildman–Crippen LogP) is 3.54. The minimum absolute atomic E-state index is 0.00127. The van der Waals surface area contributed by atoms with Gasteiger partial charge < -0.3 is 20.4 Å². The smallest absolute Gasteiger partial charge is 0.295 e. The number of carbonyl (C=O) groups is 1. The number of anilines is 1. The van der Waals surface area contributed by atoms with Crippen LogP contribution in [0.1, 0.15) is 38.8 Å². The van der Waals surface area contributed by atoms with Crippen LogP contribution in [0.5, 0.6) is 0 Å². The third-order valence-corrected chi connectivity index (χ3v) is 10.3. The molecule has 0 saturated carbocycles. The molecule has 5 rings (SSSR count). The number of thiocarbonyl (C=S) groups is 1. The molecule has 49 heavy (non-hydrogen) atoms. The normalized spacial score (nSPS) is 12.9. The number of carbonyl (C=O) groups excluding carboxylic acids is 1. The highest BCUT2D eigenvalue weighted by atomic mass is 32.2. The summed E-state index contributed by atoms with van der Waals surface area (Å²) in [7, 11) is 1.52. The molecule has 0 atom stereocenters. The maximum atomic E-state index is 13.6. The summed E-state index contributed by atoms with van der Waals surface area (Å²) < 4.78 is 28.1. The SMILES string of the molecule is CN(C)CCN(C)CCNC(=O)c1cccn1S(=O)(=O)c1ccc(NNC(=S)NC2c3ccccc3CCc3ccccc32)c([N+](=O)[O-])c1. The van der Waals surface area contributed by atoms with Crippen LogP contribution in [-0.2, 0) is 22.9 Å². The monoisotopic (exact) mass is 704 g/mol. The molecule has 0 radical (unpaired) electrons. The number of benzene rings is 3. The number of hydrogen-bond acceptors (Lipinski definition) is 9. The van der Waals surface area contributed by atoms with Crippen LogP contribution in [-0.4, -0.2) is 85.5 Å². The van der Waals surface area contributed by atoms with Crippen molar-refractivity contribution in [1.82, 2.24) is 29.8 Å². The third kappa shape index (κ3) is 8.43. The van der Waals surface area contributed by atoms with E-state index in [1.807, 2.05) is 45.4 Å². The van der Waals surface area contributed by atoms with E-state index in [1.54, 1.807) is 0 Å². The van der Waals surface area contributed by atoms with E-state index in [0.717, 1.165) is 47.1 Å². The summed E-state index contributed by atoms with van der Waals surface area (Å²) >= 11 is 5.59.